The molecule has 0 radical (unpaired) electrons. The van der Waals surface area contributed by atoms with Gasteiger partial charge in [0, 0.05) is 21.8 Å². The standard InChI is InChI=1S/C19H15ClF4N4O/c1-18(19(23,24)8-29-17(25)28-18)12-6-15-9(4-14(12)22)7-26-16(27-15)11-3-2-10(20)5-13(11)21/h2-6H,7-8H2,1H3,(H2,25,28)(H,26,27)/t18-/m1/s1. The van der Waals surface area contributed by atoms with Gasteiger partial charge in [-0.15, -0.1) is 0 Å². The molecule has 0 saturated carbocycles. The molecule has 0 saturated heterocycles. The van der Waals surface area contributed by atoms with Crippen molar-refractivity contribution in [1.82, 2.24) is 0 Å². The maximum atomic E-state index is 14.8. The van der Waals surface area contributed by atoms with Gasteiger partial charge in [-0.1, -0.05) is 11.6 Å². The highest BCUT2D eigenvalue weighted by atomic mass is 35.5. The minimum absolute atomic E-state index is 0.0402. The molecule has 0 aromatic heterocycles. The summed E-state index contributed by atoms with van der Waals surface area (Å²) in [6.45, 7) is 0.105. The number of anilines is 1. The second kappa shape index (κ2) is 6.62. The number of aliphatic imine (C=N–C) groups is 2. The zero-order valence-electron chi connectivity index (χ0n) is 15.1. The quantitative estimate of drug-likeness (QED) is 0.707. The third kappa shape index (κ3) is 3.19. The second-order valence-corrected chi connectivity index (χ2v) is 7.36. The van der Waals surface area contributed by atoms with Gasteiger partial charge >= 0.3 is 5.92 Å². The molecule has 0 bridgehead atoms. The van der Waals surface area contributed by atoms with Crippen LogP contribution in [0.15, 0.2) is 40.3 Å². The number of benzene rings is 2. The molecule has 3 N–H and O–H groups in total. The van der Waals surface area contributed by atoms with E-state index in [2.05, 4.69) is 20.0 Å². The molecular formula is C19H15ClF4N4O. The van der Waals surface area contributed by atoms with E-state index in [0.29, 0.717) is 11.3 Å². The first-order chi connectivity index (χ1) is 13.6. The average molecular weight is 427 g/mol. The molecule has 1 atom stereocenters. The summed E-state index contributed by atoms with van der Waals surface area (Å²) in [6, 6.07) is 5.96. The third-order valence-electron chi connectivity index (χ3n) is 5.01. The van der Waals surface area contributed by atoms with E-state index in [1.807, 2.05) is 0 Å². The molecule has 2 aliphatic rings. The molecule has 2 aliphatic heterocycles. The Hall–Kier alpha value is -2.81. The molecule has 152 valence electrons. The fourth-order valence-corrected chi connectivity index (χ4v) is 3.46. The zero-order chi connectivity index (χ0) is 21.0. The van der Waals surface area contributed by atoms with Crippen LogP contribution >= 0.6 is 11.6 Å². The number of ether oxygens (including phenoxy) is 1. The number of hydrogen-bond donors (Lipinski definition) is 2. The molecule has 4 rings (SSSR count). The molecule has 0 spiro atoms. The van der Waals surface area contributed by atoms with Crippen LogP contribution in [0.4, 0.5) is 23.2 Å². The monoisotopic (exact) mass is 426 g/mol. The van der Waals surface area contributed by atoms with Crippen LogP contribution in [0.1, 0.15) is 23.6 Å². The molecule has 0 amide bonds. The van der Waals surface area contributed by atoms with Gasteiger partial charge in [-0.25, -0.2) is 13.8 Å². The van der Waals surface area contributed by atoms with Gasteiger partial charge in [0.2, 0.25) is 0 Å². The van der Waals surface area contributed by atoms with E-state index in [1.165, 1.54) is 18.2 Å². The highest BCUT2D eigenvalue weighted by Crippen LogP contribution is 2.45. The predicted molar refractivity (Wildman–Crippen MR) is 102 cm³/mol. The lowest BCUT2D eigenvalue weighted by atomic mass is 9.84. The first kappa shape index (κ1) is 19.5. The molecule has 2 aromatic carbocycles. The molecule has 0 aliphatic carbocycles. The van der Waals surface area contributed by atoms with Crippen LogP contribution in [0.2, 0.25) is 5.02 Å². The molecular weight excluding hydrogens is 412 g/mol. The van der Waals surface area contributed by atoms with E-state index in [1.54, 1.807) is 0 Å². The van der Waals surface area contributed by atoms with E-state index in [4.69, 9.17) is 17.3 Å². The number of rotatable bonds is 2. The molecule has 5 nitrogen and oxygen atoms in total. The Morgan fingerprint density at radius 3 is 2.66 bits per heavy atom. The van der Waals surface area contributed by atoms with Crippen molar-refractivity contribution >= 4 is 29.1 Å². The Morgan fingerprint density at radius 2 is 1.93 bits per heavy atom. The average Bonchev–Trinajstić information content (AvgIpc) is 2.64. The summed E-state index contributed by atoms with van der Waals surface area (Å²) in [4.78, 5) is 7.91. The van der Waals surface area contributed by atoms with Crippen molar-refractivity contribution in [3.63, 3.8) is 0 Å². The lowest BCUT2D eigenvalue weighted by molar-refractivity contribution is -0.117. The number of alkyl halides is 2. The number of nitrogens with two attached hydrogens (primary N) is 1. The Balaban J connectivity index is 1.77. The number of hydrogen-bond acceptors (Lipinski definition) is 5. The predicted octanol–water partition coefficient (Wildman–Crippen LogP) is 4.19. The summed E-state index contributed by atoms with van der Waals surface area (Å²) in [6.07, 6.45) is 0. The number of halogens is 5. The molecule has 0 unspecified atom stereocenters. The first-order valence-corrected chi connectivity index (χ1v) is 8.94. The van der Waals surface area contributed by atoms with E-state index in [9.17, 15) is 17.6 Å². The van der Waals surface area contributed by atoms with Gasteiger partial charge in [-0.3, -0.25) is 4.99 Å². The van der Waals surface area contributed by atoms with E-state index >= 15 is 0 Å². The SMILES string of the molecule is C[C@]1(c2cc3c(cc2F)CN=C(c2ccc(Cl)cc2F)N3)N=C(N)OCC1(F)F. The Bertz CT molecular complexity index is 1070. The first-order valence-electron chi connectivity index (χ1n) is 8.56. The smallest absolute Gasteiger partial charge is 0.310 e. The molecule has 10 heteroatoms. The number of amidine groups is 2. The highest BCUT2D eigenvalue weighted by molar-refractivity contribution is 6.30. The van der Waals surface area contributed by atoms with Gasteiger partial charge in [0.25, 0.3) is 6.02 Å². The van der Waals surface area contributed by atoms with Gasteiger partial charge in [-0.2, -0.15) is 8.78 Å². The third-order valence-corrected chi connectivity index (χ3v) is 5.25. The molecule has 0 fully saturated rings. The second-order valence-electron chi connectivity index (χ2n) is 6.92. The fourth-order valence-electron chi connectivity index (χ4n) is 3.30. The summed E-state index contributed by atoms with van der Waals surface area (Å²) in [5.41, 5.74) is 3.74. The summed E-state index contributed by atoms with van der Waals surface area (Å²) in [7, 11) is 0. The lowest BCUT2D eigenvalue weighted by Crippen LogP contribution is -2.51. The van der Waals surface area contributed by atoms with Gasteiger partial charge in [0.1, 0.15) is 17.5 Å². The van der Waals surface area contributed by atoms with Crippen molar-refractivity contribution in [2.24, 2.45) is 15.7 Å². The van der Waals surface area contributed by atoms with E-state index in [0.717, 1.165) is 19.1 Å². The lowest BCUT2D eigenvalue weighted by Gasteiger charge is -2.38. The topological polar surface area (TPSA) is 72.0 Å². The van der Waals surface area contributed by atoms with E-state index in [-0.39, 0.29) is 28.5 Å². The summed E-state index contributed by atoms with van der Waals surface area (Å²) in [5, 5.41) is 3.10. The summed E-state index contributed by atoms with van der Waals surface area (Å²) >= 11 is 5.77. The normalized spacial score (nSPS) is 22.7. The Kier molecular flexibility index (Phi) is 4.45. The van der Waals surface area contributed by atoms with Crippen LogP contribution in [-0.2, 0) is 16.8 Å². The van der Waals surface area contributed by atoms with Crippen molar-refractivity contribution in [3.05, 3.63) is 63.7 Å². The van der Waals surface area contributed by atoms with Gasteiger partial charge in [-0.05, 0) is 37.3 Å². The van der Waals surface area contributed by atoms with Gasteiger partial charge in [0.15, 0.2) is 12.1 Å². The molecule has 2 heterocycles. The number of nitrogens with zero attached hydrogens (tertiary/aromatic N) is 2. The number of nitrogens with one attached hydrogen (secondary N) is 1. The van der Waals surface area contributed by atoms with Crippen LogP contribution in [-0.4, -0.2) is 24.4 Å². The van der Waals surface area contributed by atoms with Crippen molar-refractivity contribution < 1.29 is 22.3 Å². The summed E-state index contributed by atoms with van der Waals surface area (Å²) < 4.78 is 62.8. The van der Waals surface area contributed by atoms with Crippen molar-refractivity contribution in [1.29, 1.82) is 0 Å². The van der Waals surface area contributed by atoms with Crippen LogP contribution in [0, 0.1) is 11.6 Å². The highest BCUT2D eigenvalue weighted by Gasteiger charge is 2.56. The Labute approximate surface area is 168 Å². The minimum Gasteiger partial charge on any atom is -0.459 e. The maximum Gasteiger partial charge on any atom is 0.310 e. The van der Waals surface area contributed by atoms with Crippen molar-refractivity contribution in [3.8, 4) is 0 Å². The fraction of sp³-hybridized carbons (Fsp3) is 0.263. The maximum absolute atomic E-state index is 14.8. The van der Waals surface area contributed by atoms with Gasteiger partial charge in [0.05, 0.1) is 12.1 Å². The minimum atomic E-state index is -3.50. The molecule has 29 heavy (non-hydrogen) atoms. The van der Waals surface area contributed by atoms with Crippen molar-refractivity contribution in [2.45, 2.75) is 24.9 Å². The Morgan fingerprint density at radius 1 is 1.17 bits per heavy atom. The van der Waals surface area contributed by atoms with Gasteiger partial charge < -0.3 is 15.8 Å². The largest absolute Gasteiger partial charge is 0.459 e. The van der Waals surface area contributed by atoms with Crippen molar-refractivity contribution in [2.75, 3.05) is 11.9 Å². The van der Waals surface area contributed by atoms with Crippen LogP contribution in [0.5, 0.6) is 0 Å². The summed E-state index contributed by atoms with van der Waals surface area (Å²) in [5.74, 6) is -4.80. The van der Waals surface area contributed by atoms with Crippen LogP contribution < -0.4 is 11.1 Å². The van der Waals surface area contributed by atoms with Crippen LogP contribution in [0.25, 0.3) is 0 Å². The number of fused-ring (bicyclic) bond motifs is 1. The zero-order valence-corrected chi connectivity index (χ0v) is 15.8. The molecule has 2 aromatic rings. The van der Waals surface area contributed by atoms with E-state index < -0.39 is 35.7 Å². The van der Waals surface area contributed by atoms with Crippen LogP contribution in [0.3, 0.4) is 0 Å².